The second-order valence-corrected chi connectivity index (χ2v) is 4.09. The molecule has 0 aliphatic carbocycles. The van der Waals surface area contributed by atoms with Gasteiger partial charge in [-0.15, -0.1) is 11.3 Å². The number of fused-ring (bicyclic) bond motifs is 1. The highest BCUT2D eigenvalue weighted by Gasteiger charge is 2.06. The molecule has 14 heavy (non-hydrogen) atoms. The molecule has 0 saturated carbocycles. The lowest BCUT2D eigenvalue weighted by Crippen LogP contribution is -2.13. The Bertz CT molecular complexity index is 515. The number of aromatic amines is 1. The molecule has 2 aromatic heterocycles. The van der Waals surface area contributed by atoms with Gasteiger partial charge in [0.05, 0.1) is 12.1 Å². The number of rotatable bonds is 2. The van der Waals surface area contributed by atoms with Crippen LogP contribution in [0.5, 0.6) is 0 Å². The minimum absolute atomic E-state index is 0.00941. The van der Waals surface area contributed by atoms with Crippen LogP contribution in [0.2, 0.25) is 0 Å². The van der Waals surface area contributed by atoms with Gasteiger partial charge in [-0.3, -0.25) is 4.79 Å². The molecule has 2 heterocycles. The van der Waals surface area contributed by atoms with Crippen molar-refractivity contribution in [3.8, 4) is 0 Å². The molecule has 0 bridgehead atoms. The van der Waals surface area contributed by atoms with Crippen molar-refractivity contribution in [2.75, 3.05) is 0 Å². The van der Waals surface area contributed by atoms with E-state index >= 15 is 0 Å². The van der Waals surface area contributed by atoms with Crippen LogP contribution in [0, 0.1) is 0 Å². The summed E-state index contributed by atoms with van der Waals surface area (Å²) >= 11 is 1.36. The SMILES string of the molecule is CCc1nc2cc(CO)sc2[nH]c1=O. The number of aryl methyl sites for hydroxylation is 1. The van der Waals surface area contributed by atoms with Crippen LogP contribution in [0.1, 0.15) is 17.5 Å². The van der Waals surface area contributed by atoms with E-state index in [0.29, 0.717) is 12.1 Å². The van der Waals surface area contributed by atoms with E-state index in [1.54, 1.807) is 6.07 Å². The first-order valence-electron chi connectivity index (χ1n) is 4.37. The predicted octanol–water partition coefficient (Wildman–Crippen LogP) is 1.04. The number of hydrogen-bond acceptors (Lipinski definition) is 4. The second-order valence-electron chi connectivity index (χ2n) is 2.95. The van der Waals surface area contributed by atoms with E-state index in [1.165, 1.54) is 11.3 Å². The van der Waals surface area contributed by atoms with Crippen molar-refractivity contribution in [3.05, 3.63) is 27.0 Å². The van der Waals surface area contributed by atoms with Crippen LogP contribution in [-0.2, 0) is 13.0 Å². The van der Waals surface area contributed by atoms with Gasteiger partial charge in [-0.25, -0.2) is 4.98 Å². The molecule has 0 aromatic carbocycles. The molecule has 0 fully saturated rings. The summed E-state index contributed by atoms with van der Waals surface area (Å²) in [7, 11) is 0. The first-order valence-corrected chi connectivity index (χ1v) is 5.18. The predicted molar refractivity (Wildman–Crippen MR) is 55.5 cm³/mol. The Kier molecular flexibility index (Phi) is 2.35. The minimum atomic E-state index is -0.133. The van der Waals surface area contributed by atoms with Gasteiger partial charge in [0.25, 0.3) is 5.56 Å². The topological polar surface area (TPSA) is 66.0 Å². The Balaban J connectivity index is 2.70. The highest BCUT2D eigenvalue weighted by Crippen LogP contribution is 2.20. The zero-order valence-corrected chi connectivity index (χ0v) is 8.52. The highest BCUT2D eigenvalue weighted by atomic mass is 32.1. The summed E-state index contributed by atoms with van der Waals surface area (Å²) in [6.45, 7) is 1.88. The first kappa shape index (κ1) is 9.36. The van der Waals surface area contributed by atoms with Gasteiger partial charge in [-0.05, 0) is 12.5 Å². The molecule has 0 amide bonds. The Hall–Kier alpha value is -1.20. The van der Waals surface area contributed by atoms with E-state index in [9.17, 15) is 4.79 Å². The maximum Gasteiger partial charge on any atom is 0.270 e. The molecule has 2 N–H and O–H groups in total. The third-order valence-electron chi connectivity index (χ3n) is 2.00. The first-order chi connectivity index (χ1) is 6.74. The molecular formula is C9H10N2O2S. The summed E-state index contributed by atoms with van der Waals surface area (Å²) in [6.07, 6.45) is 0.621. The Morgan fingerprint density at radius 1 is 1.64 bits per heavy atom. The van der Waals surface area contributed by atoms with Crippen LogP contribution < -0.4 is 5.56 Å². The summed E-state index contributed by atoms with van der Waals surface area (Å²) in [5.74, 6) is 0. The normalized spacial score (nSPS) is 11.0. The fraction of sp³-hybridized carbons (Fsp3) is 0.333. The Labute approximate surface area is 84.2 Å². The number of H-pyrrole nitrogens is 1. The van der Waals surface area contributed by atoms with E-state index < -0.39 is 0 Å². The summed E-state index contributed by atoms with van der Waals surface area (Å²) in [6, 6.07) is 1.80. The molecular weight excluding hydrogens is 200 g/mol. The van der Waals surface area contributed by atoms with Gasteiger partial charge in [0.2, 0.25) is 0 Å². The molecule has 0 aliphatic rings. The molecule has 74 valence electrons. The van der Waals surface area contributed by atoms with Gasteiger partial charge in [0, 0.05) is 4.88 Å². The van der Waals surface area contributed by atoms with Crippen molar-refractivity contribution < 1.29 is 5.11 Å². The molecule has 4 nitrogen and oxygen atoms in total. The van der Waals surface area contributed by atoms with Gasteiger partial charge in [0.15, 0.2) is 0 Å². The van der Waals surface area contributed by atoms with Crippen molar-refractivity contribution in [1.29, 1.82) is 0 Å². The minimum Gasteiger partial charge on any atom is -0.391 e. The molecule has 2 rings (SSSR count). The van der Waals surface area contributed by atoms with Gasteiger partial charge in [0.1, 0.15) is 10.5 Å². The number of thiophene rings is 1. The third kappa shape index (κ3) is 1.44. The number of aliphatic hydroxyl groups excluding tert-OH is 1. The van der Waals surface area contributed by atoms with E-state index in [0.717, 1.165) is 15.2 Å². The lowest BCUT2D eigenvalue weighted by molar-refractivity contribution is 0.285. The number of nitrogens with one attached hydrogen (secondary N) is 1. The Morgan fingerprint density at radius 3 is 3.07 bits per heavy atom. The quantitative estimate of drug-likeness (QED) is 0.778. The second kappa shape index (κ2) is 3.51. The molecule has 0 radical (unpaired) electrons. The van der Waals surface area contributed by atoms with Crippen LogP contribution in [0.25, 0.3) is 10.3 Å². The molecule has 2 aromatic rings. The summed E-state index contributed by atoms with van der Waals surface area (Å²) in [4.78, 5) is 19.9. The van der Waals surface area contributed by atoms with Crippen LogP contribution in [-0.4, -0.2) is 15.1 Å². The largest absolute Gasteiger partial charge is 0.391 e. The fourth-order valence-corrected chi connectivity index (χ4v) is 2.14. The smallest absolute Gasteiger partial charge is 0.270 e. The zero-order chi connectivity index (χ0) is 10.1. The average Bonchev–Trinajstić information content (AvgIpc) is 2.58. The summed E-state index contributed by atoms with van der Waals surface area (Å²) in [5, 5.41) is 8.93. The van der Waals surface area contributed by atoms with Gasteiger partial charge in [-0.1, -0.05) is 6.92 Å². The maximum absolute atomic E-state index is 11.4. The number of aliphatic hydroxyl groups is 1. The molecule has 5 heteroatoms. The van der Waals surface area contributed by atoms with Crippen LogP contribution in [0.3, 0.4) is 0 Å². The lowest BCUT2D eigenvalue weighted by Gasteiger charge is -1.93. The number of aromatic nitrogens is 2. The van der Waals surface area contributed by atoms with E-state index in [4.69, 9.17) is 5.11 Å². The zero-order valence-electron chi connectivity index (χ0n) is 7.70. The average molecular weight is 210 g/mol. The van der Waals surface area contributed by atoms with Crippen molar-refractivity contribution in [1.82, 2.24) is 9.97 Å². The summed E-state index contributed by atoms with van der Waals surface area (Å²) in [5.41, 5.74) is 1.17. The van der Waals surface area contributed by atoms with Crippen LogP contribution in [0.15, 0.2) is 10.9 Å². The standard InChI is InChI=1S/C9H10N2O2S/c1-2-6-8(13)11-9-7(10-6)3-5(4-12)14-9/h3,12H,2,4H2,1H3,(H,11,13). The Morgan fingerprint density at radius 2 is 2.43 bits per heavy atom. The van der Waals surface area contributed by atoms with E-state index in [1.807, 2.05) is 6.92 Å². The fourth-order valence-electron chi connectivity index (χ4n) is 1.29. The molecule has 0 spiro atoms. The maximum atomic E-state index is 11.4. The number of nitrogens with zero attached hydrogens (tertiary/aromatic N) is 1. The molecule has 0 unspecified atom stereocenters. The van der Waals surface area contributed by atoms with Gasteiger partial charge in [-0.2, -0.15) is 0 Å². The molecule has 0 saturated heterocycles. The van der Waals surface area contributed by atoms with Crippen molar-refractivity contribution in [3.63, 3.8) is 0 Å². The number of hydrogen-bond donors (Lipinski definition) is 2. The van der Waals surface area contributed by atoms with Crippen molar-refractivity contribution >= 4 is 21.7 Å². The molecule has 0 atom stereocenters. The van der Waals surface area contributed by atoms with Crippen LogP contribution >= 0.6 is 11.3 Å². The monoisotopic (exact) mass is 210 g/mol. The van der Waals surface area contributed by atoms with E-state index in [2.05, 4.69) is 9.97 Å². The van der Waals surface area contributed by atoms with Gasteiger partial charge >= 0.3 is 0 Å². The molecule has 0 aliphatic heterocycles. The third-order valence-corrected chi connectivity index (χ3v) is 3.02. The highest BCUT2D eigenvalue weighted by molar-refractivity contribution is 7.18. The van der Waals surface area contributed by atoms with E-state index in [-0.39, 0.29) is 12.2 Å². The van der Waals surface area contributed by atoms with Crippen molar-refractivity contribution in [2.45, 2.75) is 20.0 Å². The lowest BCUT2D eigenvalue weighted by atomic mass is 10.3. The summed E-state index contributed by atoms with van der Waals surface area (Å²) < 4.78 is 0. The van der Waals surface area contributed by atoms with Crippen molar-refractivity contribution in [2.24, 2.45) is 0 Å². The van der Waals surface area contributed by atoms with Crippen LogP contribution in [0.4, 0.5) is 0 Å². The van der Waals surface area contributed by atoms with Gasteiger partial charge < -0.3 is 10.1 Å².